The highest BCUT2D eigenvalue weighted by molar-refractivity contribution is 5.87. The van der Waals surface area contributed by atoms with E-state index in [1.165, 1.54) is 0 Å². The molecule has 0 saturated carbocycles. The van der Waals surface area contributed by atoms with Crippen LogP contribution in [-0.4, -0.2) is 21.8 Å². The molecule has 0 bridgehead atoms. The van der Waals surface area contributed by atoms with Gasteiger partial charge in [-0.05, 0) is 56.7 Å². The first-order valence-corrected chi connectivity index (χ1v) is 9.24. The van der Waals surface area contributed by atoms with Gasteiger partial charge in [0, 0.05) is 23.0 Å². The van der Waals surface area contributed by atoms with Crippen molar-refractivity contribution in [1.29, 1.82) is 0 Å². The van der Waals surface area contributed by atoms with Crippen LogP contribution >= 0.6 is 0 Å². The third-order valence-corrected chi connectivity index (χ3v) is 5.85. The molecule has 0 saturated heterocycles. The predicted molar refractivity (Wildman–Crippen MR) is 97.3 cm³/mol. The van der Waals surface area contributed by atoms with Crippen LogP contribution in [0, 0.1) is 5.92 Å². The van der Waals surface area contributed by atoms with Crippen molar-refractivity contribution in [3.8, 4) is 11.5 Å². The molecule has 25 heavy (non-hydrogen) atoms. The van der Waals surface area contributed by atoms with Crippen molar-refractivity contribution in [2.75, 3.05) is 0 Å². The fraction of sp³-hybridized carbons (Fsp3) is 0.571. The first-order valence-electron chi connectivity index (χ1n) is 9.24. The van der Waals surface area contributed by atoms with Gasteiger partial charge in [-0.25, -0.2) is 4.79 Å². The lowest BCUT2D eigenvalue weighted by molar-refractivity contribution is -0.133. The van der Waals surface area contributed by atoms with Crippen molar-refractivity contribution in [1.82, 2.24) is 0 Å². The normalized spacial score (nSPS) is 25.2. The Balaban J connectivity index is 2.11. The van der Waals surface area contributed by atoms with Gasteiger partial charge in [0.1, 0.15) is 17.1 Å². The van der Waals surface area contributed by atoms with Crippen molar-refractivity contribution in [3.05, 3.63) is 34.9 Å². The first kappa shape index (κ1) is 17.8. The molecule has 0 radical (unpaired) electrons. The van der Waals surface area contributed by atoms with Crippen LogP contribution < -0.4 is 4.74 Å². The minimum absolute atomic E-state index is 0.117. The second-order valence-electron chi connectivity index (χ2n) is 8.02. The lowest BCUT2D eigenvalue weighted by atomic mass is 9.67. The van der Waals surface area contributed by atoms with Gasteiger partial charge in [0.15, 0.2) is 0 Å². The zero-order valence-electron chi connectivity index (χ0n) is 15.5. The molecular formula is C21H28O4. The summed E-state index contributed by atoms with van der Waals surface area (Å²) in [6.45, 7) is 8.43. The lowest BCUT2D eigenvalue weighted by Gasteiger charge is -2.46. The van der Waals surface area contributed by atoms with Crippen molar-refractivity contribution >= 4 is 5.97 Å². The van der Waals surface area contributed by atoms with Gasteiger partial charge in [-0.1, -0.05) is 26.3 Å². The summed E-state index contributed by atoms with van der Waals surface area (Å²) in [7, 11) is 0. The van der Waals surface area contributed by atoms with E-state index in [-0.39, 0.29) is 17.6 Å². The number of carbonyl (C=O) groups is 1. The van der Waals surface area contributed by atoms with Crippen LogP contribution in [-0.2, 0) is 4.79 Å². The van der Waals surface area contributed by atoms with Gasteiger partial charge in [0.25, 0.3) is 0 Å². The number of allylic oxidation sites excluding steroid dienone is 1. The average Bonchev–Trinajstić information content (AvgIpc) is 2.53. The predicted octanol–water partition coefficient (Wildman–Crippen LogP) is 4.97. The van der Waals surface area contributed by atoms with E-state index in [0.717, 1.165) is 30.4 Å². The quantitative estimate of drug-likeness (QED) is 0.809. The maximum Gasteiger partial charge on any atom is 0.331 e. The zero-order chi connectivity index (χ0) is 18.4. The number of rotatable bonds is 4. The van der Waals surface area contributed by atoms with Crippen LogP contribution in [0.5, 0.6) is 11.5 Å². The zero-order valence-corrected chi connectivity index (χ0v) is 15.5. The molecule has 2 aliphatic rings. The van der Waals surface area contributed by atoms with Gasteiger partial charge < -0.3 is 14.9 Å². The standard InChI is InChI=1S/C21H28O4/c1-5-6-12(2)14-10-17(22)19-15-9-13(20(23)24)7-8-16(15)21(3,4)25-18(19)11-14/h9-12,15-16,22H,5-8H2,1-4H3,(H,23,24)/t12?,15-,16?/m0/s1. The van der Waals surface area contributed by atoms with Crippen LogP contribution in [0.3, 0.4) is 0 Å². The van der Waals surface area contributed by atoms with Crippen molar-refractivity contribution < 1.29 is 19.7 Å². The number of phenolic OH excluding ortho intramolecular Hbond substituents is 1. The molecule has 136 valence electrons. The number of hydrogen-bond acceptors (Lipinski definition) is 3. The molecular weight excluding hydrogens is 316 g/mol. The van der Waals surface area contributed by atoms with Crippen LogP contribution in [0.1, 0.15) is 76.3 Å². The van der Waals surface area contributed by atoms with E-state index < -0.39 is 11.6 Å². The van der Waals surface area contributed by atoms with Crippen LogP contribution in [0.4, 0.5) is 0 Å². The Labute approximate surface area is 149 Å². The van der Waals surface area contributed by atoms with E-state index >= 15 is 0 Å². The summed E-state index contributed by atoms with van der Waals surface area (Å²) in [5.41, 5.74) is 1.87. The molecule has 1 heterocycles. The Bertz CT molecular complexity index is 717. The number of carboxylic acid groups (broad SMARTS) is 1. The maximum atomic E-state index is 11.4. The third kappa shape index (κ3) is 3.14. The number of ether oxygens (including phenoxy) is 1. The van der Waals surface area contributed by atoms with Gasteiger partial charge in [0.05, 0.1) is 0 Å². The Morgan fingerprint density at radius 3 is 2.76 bits per heavy atom. The summed E-state index contributed by atoms with van der Waals surface area (Å²) >= 11 is 0. The summed E-state index contributed by atoms with van der Waals surface area (Å²) in [6, 6.07) is 3.87. The van der Waals surface area contributed by atoms with Gasteiger partial charge in [0.2, 0.25) is 0 Å². The van der Waals surface area contributed by atoms with E-state index in [2.05, 4.69) is 27.7 Å². The van der Waals surface area contributed by atoms with Crippen LogP contribution in [0.15, 0.2) is 23.8 Å². The number of aliphatic carboxylic acids is 1. The summed E-state index contributed by atoms with van der Waals surface area (Å²) in [5, 5.41) is 20.1. The number of aromatic hydroxyl groups is 1. The highest BCUT2D eigenvalue weighted by Crippen LogP contribution is 2.53. The smallest absolute Gasteiger partial charge is 0.331 e. The summed E-state index contributed by atoms with van der Waals surface area (Å²) in [6.07, 6.45) is 5.26. The molecule has 1 aliphatic heterocycles. The molecule has 1 aromatic carbocycles. The Kier molecular flexibility index (Phi) is 4.56. The molecule has 0 fully saturated rings. The van der Waals surface area contributed by atoms with E-state index in [1.54, 1.807) is 0 Å². The Morgan fingerprint density at radius 2 is 2.12 bits per heavy atom. The van der Waals surface area contributed by atoms with Gasteiger partial charge in [-0.15, -0.1) is 0 Å². The molecule has 0 spiro atoms. The Hall–Kier alpha value is -1.97. The summed E-state index contributed by atoms with van der Waals surface area (Å²) in [4.78, 5) is 11.4. The highest BCUT2D eigenvalue weighted by Gasteiger charge is 2.46. The fourth-order valence-corrected chi connectivity index (χ4v) is 4.44. The first-order chi connectivity index (χ1) is 11.7. The highest BCUT2D eigenvalue weighted by atomic mass is 16.5. The van der Waals surface area contributed by atoms with E-state index in [9.17, 15) is 15.0 Å². The van der Waals surface area contributed by atoms with Crippen molar-refractivity contribution in [2.45, 2.75) is 70.8 Å². The lowest BCUT2D eigenvalue weighted by Crippen LogP contribution is -2.45. The number of fused-ring (bicyclic) bond motifs is 3. The monoisotopic (exact) mass is 344 g/mol. The third-order valence-electron chi connectivity index (χ3n) is 5.85. The number of benzene rings is 1. The van der Waals surface area contributed by atoms with Crippen LogP contribution in [0.2, 0.25) is 0 Å². The topological polar surface area (TPSA) is 66.8 Å². The van der Waals surface area contributed by atoms with Crippen molar-refractivity contribution in [3.63, 3.8) is 0 Å². The second-order valence-corrected chi connectivity index (χ2v) is 8.02. The minimum Gasteiger partial charge on any atom is -0.507 e. The van der Waals surface area contributed by atoms with Gasteiger partial charge in [-0.2, -0.15) is 0 Å². The minimum atomic E-state index is -0.864. The van der Waals surface area contributed by atoms with Gasteiger partial charge >= 0.3 is 5.97 Å². The molecule has 4 heteroatoms. The molecule has 3 rings (SSSR count). The largest absolute Gasteiger partial charge is 0.507 e. The second kappa shape index (κ2) is 6.40. The molecule has 2 unspecified atom stereocenters. The number of carboxylic acids is 1. The molecule has 1 aliphatic carbocycles. The van der Waals surface area contributed by atoms with E-state index in [1.807, 2.05) is 18.2 Å². The molecule has 4 nitrogen and oxygen atoms in total. The molecule has 0 amide bonds. The SMILES string of the molecule is CCCC(C)c1cc(O)c2c(c1)OC(C)(C)C1CCC(C(=O)O)=C[C@H]21. The molecule has 3 atom stereocenters. The molecule has 1 aromatic rings. The van der Waals surface area contributed by atoms with Crippen LogP contribution in [0.25, 0.3) is 0 Å². The number of hydrogen-bond donors (Lipinski definition) is 2. The average molecular weight is 344 g/mol. The van der Waals surface area contributed by atoms with Crippen molar-refractivity contribution in [2.24, 2.45) is 5.92 Å². The van der Waals surface area contributed by atoms with Gasteiger partial charge in [-0.3, -0.25) is 0 Å². The maximum absolute atomic E-state index is 11.4. The summed E-state index contributed by atoms with van der Waals surface area (Å²) in [5.74, 6) is 0.456. The Morgan fingerprint density at radius 1 is 1.40 bits per heavy atom. The number of phenols is 1. The molecule has 2 N–H and O–H groups in total. The fourth-order valence-electron chi connectivity index (χ4n) is 4.44. The molecule has 0 aromatic heterocycles. The van der Waals surface area contributed by atoms with E-state index in [0.29, 0.717) is 23.7 Å². The van der Waals surface area contributed by atoms with E-state index in [4.69, 9.17) is 4.74 Å². The summed E-state index contributed by atoms with van der Waals surface area (Å²) < 4.78 is 6.30.